The first-order valence-corrected chi connectivity index (χ1v) is 8.83. The lowest BCUT2D eigenvalue weighted by Gasteiger charge is -2.11. The van der Waals surface area contributed by atoms with Crippen molar-refractivity contribution in [3.63, 3.8) is 0 Å². The molecule has 2 aromatic heterocycles. The summed E-state index contributed by atoms with van der Waals surface area (Å²) in [4.78, 5) is 19.0. The number of H-pyrrole nitrogens is 2. The molecule has 0 unspecified atom stereocenters. The number of benzene rings is 1. The van der Waals surface area contributed by atoms with Crippen LogP contribution in [0, 0.1) is 25.2 Å². The summed E-state index contributed by atoms with van der Waals surface area (Å²) in [5, 5.41) is 16.9. The van der Waals surface area contributed by atoms with Crippen molar-refractivity contribution in [2.45, 2.75) is 24.8 Å². The number of aromatic amines is 2. The lowest BCUT2D eigenvalue weighted by molar-refractivity contribution is 0.411. The third kappa shape index (κ3) is 3.63. The van der Waals surface area contributed by atoms with Gasteiger partial charge in [0.15, 0.2) is 0 Å². The van der Waals surface area contributed by atoms with Crippen LogP contribution in [0.4, 0.5) is 0 Å². The number of thioether (sulfide) groups is 1. The molecule has 2 heterocycles. The van der Waals surface area contributed by atoms with E-state index in [-0.39, 0.29) is 11.1 Å². The molecule has 0 fully saturated rings. The van der Waals surface area contributed by atoms with Crippen molar-refractivity contribution in [3.05, 3.63) is 57.3 Å². The van der Waals surface area contributed by atoms with E-state index >= 15 is 0 Å². The molecule has 3 aromatic rings. The van der Waals surface area contributed by atoms with E-state index in [9.17, 15) is 10.1 Å². The van der Waals surface area contributed by atoms with E-state index < -0.39 is 0 Å². The van der Waals surface area contributed by atoms with Gasteiger partial charge in [0.1, 0.15) is 23.2 Å². The zero-order chi connectivity index (χ0) is 18.7. The van der Waals surface area contributed by atoms with Crippen LogP contribution in [0.2, 0.25) is 0 Å². The minimum absolute atomic E-state index is 0.101. The predicted molar refractivity (Wildman–Crippen MR) is 99.2 cm³/mol. The summed E-state index contributed by atoms with van der Waals surface area (Å²) in [7, 11) is 1.61. The molecule has 0 aliphatic rings. The maximum absolute atomic E-state index is 12.1. The number of methoxy groups -OCH3 is 1. The average Bonchev–Trinajstić information content (AvgIpc) is 3.04. The van der Waals surface area contributed by atoms with Crippen molar-refractivity contribution in [2.75, 3.05) is 7.11 Å². The number of nitriles is 1. The van der Waals surface area contributed by atoms with Crippen LogP contribution in [0.15, 0.2) is 34.2 Å². The summed E-state index contributed by atoms with van der Waals surface area (Å²) >= 11 is 1.48. The summed E-state index contributed by atoms with van der Waals surface area (Å²) in [5.74, 6) is 2.08. The standard InChI is InChI=1S/C18H17N5O2S/c1-10-6-14(15(8-19)17(24)20-10)12-4-5-16(25-3)13(7-12)9-26-18-21-11(2)22-23-18/h4-7H,9H2,1-3H3,(H,20,24)(H,21,22,23). The smallest absolute Gasteiger partial charge is 0.266 e. The Morgan fingerprint density at radius 1 is 1.31 bits per heavy atom. The Balaban J connectivity index is 2.00. The molecular formula is C18H17N5O2S. The van der Waals surface area contributed by atoms with Crippen molar-refractivity contribution in [2.24, 2.45) is 0 Å². The summed E-state index contributed by atoms with van der Waals surface area (Å²) in [6.07, 6.45) is 0. The summed E-state index contributed by atoms with van der Waals surface area (Å²) in [6, 6.07) is 9.41. The molecular weight excluding hydrogens is 350 g/mol. The van der Waals surface area contributed by atoms with Crippen LogP contribution in [-0.4, -0.2) is 27.3 Å². The Morgan fingerprint density at radius 2 is 2.12 bits per heavy atom. The second kappa shape index (κ2) is 7.45. The highest BCUT2D eigenvalue weighted by atomic mass is 32.2. The number of aromatic nitrogens is 4. The summed E-state index contributed by atoms with van der Waals surface area (Å²) in [6.45, 7) is 3.63. The Labute approximate surface area is 154 Å². The number of hydrogen-bond acceptors (Lipinski definition) is 6. The van der Waals surface area contributed by atoms with Gasteiger partial charge in [-0.1, -0.05) is 17.8 Å². The van der Waals surface area contributed by atoms with Gasteiger partial charge in [-0.05, 0) is 37.6 Å². The second-order valence-corrected chi connectivity index (χ2v) is 6.64. The summed E-state index contributed by atoms with van der Waals surface area (Å²) in [5.41, 5.74) is 2.75. The minimum atomic E-state index is -0.384. The number of rotatable bonds is 5. The highest BCUT2D eigenvalue weighted by Gasteiger charge is 2.13. The number of nitrogens with one attached hydrogen (secondary N) is 2. The van der Waals surface area contributed by atoms with Crippen molar-refractivity contribution >= 4 is 11.8 Å². The lowest BCUT2D eigenvalue weighted by Crippen LogP contribution is -2.12. The first-order valence-electron chi connectivity index (χ1n) is 7.85. The van der Waals surface area contributed by atoms with E-state index in [0.29, 0.717) is 22.2 Å². The molecule has 0 amide bonds. The Hall–Kier alpha value is -3.05. The van der Waals surface area contributed by atoms with Crippen molar-refractivity contribution in [1.82, 2.24) is 20.2 Å². The van der Waals surface area contributed by atoms with E-state index in [2.05, 4.69) is 20.2 Å². The van der Waals surface area contributed by atoms with Gasteiger partial charge in [-0.2, -0.15) is 5.26 Å². The van der Waals surface area contributed by atoms with Crippen LogP contribution in [0.5, 0.6) is 5.75 Å². The molecule has 8 heteroatoms. The quantitative estimate of drug-likeness (QED) is 0.671. The normalized spacial score (nSPS) is 10.5. The molecule has 2 N–H and O–H groups in total. The van der Waals surface area contributed by atoms with Crippen LogP contribution in [0.25, 0.3) is 11.1 Å². The van der Waals surface area contributed by atoms with Gasteiger partial charge in [-0.3, -0.25) is 9.89 Å². The first kappa shape index (κ1) is 17.8. The molecule has 0 aliphatic carbocycles. The lowest BCUT2D eigenvalue weighted by atomic mass is 9.99. The van der Waals surface area contributed by atoms with Crippen LogP contribution in [-0.2, 0) is 5.75 Å². The van der Waals surface area contributed by atoms with Gasteiger partial charge in [0.05, 0.1) is 7.11 Å². The maximum Gasteiger partial charge on any atom is 0.266 e. The fraction of sp³-hybridized carbons (Fsp3) is 0.222. The average molecular weight is 367 g/mol. The molecule has 1 aromatic carbocycles. The fourth-order valence-electron chi connectivity index (χ4n) is 2.62. The molecule has 132 valence electrons. The zero-order valence-corrected chi connectivity index (χ0v) is 15.4. The molecule has 0 atom stereocenters. The Bertz CT molecular complexity index is 1050. The van der Waals surface area contributed by atoms with Crippen LogP contribution >= 0.6 is 11.8 Å². The molecule has 0 spiro atoms. The number of aryl methyl sites for hydroxylation is 2. The van der Waals surface area contributed by atoms with Crippen LogP contribution < -0.4 is 10.3 Å². The molecule has 0 aliphatic heterocycles. The fourth-order valence-corrected chi connectivity index (χ4v) is 3.44. The van der Waals surface area contributed by atoms with Gasteiger partial charge < -0.3 is 9.72 Å². The largest absolute Gasteiger partial charge is 0.496 e. The summed E-state index contributed by atoms with van der Waals surface area (Å²) < 4.78 is 5.44. The zero-order valence-electron chi connectivity index (χ0n) is 14.6. The minimum Gasteiger partial charge on any atom is -0.496 e. The molecule has 0 bridgehead atoms. The van der Waals surface area contributed by atoms with E-state index in [1.165, 1.54) is 11.8 Å². The molecule has 0 radical (unpaired) electrons. The Kier molecular flexibility index (Phi) is 5.09. The third-order valence-corrected chi connectivity index (χ3v) is 4.70. The molecule has 0 saturated heterocycles. The number of ether oxygens (including phenoxy) is 1. The van der Waals surface area contributed by atoms with Gasteiger partial charge in [-0.25, -0.2) is 4.98 Å². The van der Waals surface area contributed by atoms with Crippen LogP contribution in [0.3, 0.4) is 0 Å². The van der Waals surface area contributed by atoms with Gasteiger partial charge in [-0.15, -0.1) is 5.10 Å². The van der Waals surface area contributed by atoms with Gasteiger partial charge >= 0.3 is 0 Å². The highest BCUT2D eigenvalue weighted by molar-refractivity contribution is 7.98. The van der Waals surface area contributed by atoms with Crippen molar-refractivity contribution in [1.29, 1.82) is 5.26 Å². The predicted octanol–water partition coefficient (Wildman–Crippen LogP) is 2.95. The third-order valence-electron chi connectivity index (χ3n) is 3.80. The van der Waals surface area contributed by atoms with Gasteiger partial charge in [0.2, 0.25) is 5.16 Å². The Morgan fingerprint density at radius 3 is 2.77 bits per heavy atom. The molecule has 26 heavy (non-hydrogen) atoms. The molecule has 7 nitrogen and oxygen atoms in total. The maximum atomic E-state index is 12.1. The number of hydrogen-bond donors (Lipinski definition) is 2. The molecule has 0 saturated carbocycles. The second-order valence-electron chi connectivity index (χ2n) is 5.70. The van der Waals surface area contributed by atoms with Crippen molar-refractivity contribution < 1.29 is 4.74 Å². The van der Waals surface area contributed by atoms with Crippen LogP contribution in [0.1, 0.15) is 22.6 Å². The van der Waals surface area contributed by atoms with E-state index in [0.717, 1.165) is 22.7 Å². The topological polar surface area (TPSA) is 107 Å². The van der Waals surface area contributed by atoms with E-state index in [1.807, 2.05) is 31.2 Å². The number of pyridine rings is 1. The monoisotopic (exact) mass is 367 g/mol. The van der Waals surface area contributed by atoms with E-state index in [4.69, 9.17) is 4.74 Å². The van der Waals surface area contributed by atoms with Gasteiger partial charge in [0.25, 0.3) is 5.56 Å². The highest BCUT2D eigenvalue weighted by Crippen LogP contribution is 2.31. The first-order chi connectivity index (χ1) is 12.5. The van der Waals surface area contributed by atoms with Crippen molar-refractivity contribution in [3.8, 4) is 22.9 Å². The van der Waals surface area contributed by atoms with E-state index in [1.54, 1.807) is 20.1 Å². The SMILES string of the molecule is COc1ccc(-c2cc(C)[nH]c(=O)c2C#N)cc1CSc1n[nH]c(C)n1. The van der Waals surface area contributed by atoms with Gasteiger partial charge in [0, 0.05) is 22.6 Å². The number of nitrogens with zero attached hydrogens (tertiary/aromatic N) is 3. The molecule has 3 rings (SSSR count).